The van der Waals surface area contributed by atoms with Crippen LogP contribution in [0.4, 0.5) is 0 Å². The number of aliphatic hydroxyl groups is 1. The van der Waals surface area contributed by atoms with E-state index in [1.165, 1.54) is 19.3 Å². The van der Waals surface area contributed by atoms with E-state index in [4.69, 9.17) is 0 Å². The molecule has 2 rings (SSSR count). The second-order valence-electron chi connectivity index (χ2n) is 4.53. The van der Waals surface area contributed by atoms with Crippen molar-refractivity contribution in [3.63, 3.8) is 0 Å². The summed E-state index contributed by atoms with van der Waals surface area (Å²) in [5.41, 5.74) is 0.234. The minimum Gasteiger partial charge on any atom is -0.392 e. The molecule has 1 heterocycles. The van der Waals surface area contributed by atoms with Gasteiger partial charge in [0.05, 0.1) is 6.10 Å². The van der Waals surface area contributed by atoms with Crippen LogP contribution in [-0.4, -0.2) is 24.3 Å². The molecule has 2 N–H and O–H groups in total. The second kappa shape index (κ2) is 3.00. The Labute approximate surface area is 74.4 Å². The third-order valence-electron chi connectivity index (χ3n) is 3.92. The molecular formula is C10H19NO. The highest BCUT2D eigenvalue weighted by molar-refractivity contribution is 4.99. The largest absolute Gasteiger partial charge is 0.392 e. The first-order valence-corrected chi connectivity index (χ1v) is 5.14. The van der Waals surface area contributed by atoms with Gasteiger partial charge in [-0.3, -0.25) is 0 Å². The van der Waals surface area contributed by atoms with Gasteiger partial charge >= 0.3 is 0 Å². The van der Waals surface area contributed by atoms with Crippen molar-refractivity contribution < 1.29 is 5.11 Å². The Morgan fingerprint density at radius 1 is 1.42 bits per heavy atom. The highest BCUT2D eigenvalue weighted by Gasteiger charge is 2.46. The summed E-state index contributed by atoms with van der Waals surface area (Å²) in [6.45, 7) is 4.40. The van der Waals surface area contributed by atoms with Crippen LogP contribution in [0.15, 0.2) is 0 Å². The molecule has 1 aliphatic carbocycles. The molecule has 0 radical (unpaired) electrons. The van der Waals surface area contributed by atoms with Crippen molar-refractivity contribution in [3.05, 3.63) is 0 Å². The average Bonchev–Trinajstić information content (AvgIpc) is 2.41. The van der Waals surface area contributed by atoms with E-state index in [9.17, 15) is 5.11 Å². The zero-order valence-corrected chi connectivity index (χ0v) is 7.84. The summed E-state index contributed by atoms with van der Waals surface area (Å²) in [7, 11) is 0. The van der Waals surface area contributed by atoms with Crippen molar-refractivity contribution in [2.75, 3.05) is 13.1 Å². The lowest BCUT2D eigenvalue weighted by molar-refractivity contribution is -0.0230. The van der Waals surface area contributed by atoms with E-state index in [1.807, 2.05) is 0 Å². The Kier molecular flexibility index (Phi) is 2.13. The van der Waals surface area contributed by atoms with E-state index < -0.39 is 0 Å². The molecule has 0 aromatic carbocycles. The maximum absolute atomic E-state index is 9.99. The lowest BCUT2D eigenvalue weighted by Crippen LogP contribution is -2.43. The predicted molar refractivity (Wildman–Crippen MR) is 48.9 cm³/mol. The minimum absolute atomic E-state index is 0.0451. The number of hydrogen-bond donors (Lipinski definition) is 2. The number of aliphatic hydroxyl groups excluding tert-OH is 1. The van der Waals surface area contributed by atoms with Gasteiger partial charge in [0.2, 0.25) is 0 Å². The van der Waals surface area contributed by atoms with Crippen molar-refractivity contribution in [2.24, 2.45) is 11.3 Å². The molecule has 1 spiro atoms. The van der Waals surface area contributed by atoms with Crippen LogP contribution in [0, 0.1) is 11.3 Å². The number of hydrogen-bond acceptors (Lipinski definition) is 2. The summed E-state index contributed by atoms with van der Waals surface area (Å²) < 4.78 is 0. The van der Waals surface area contributed by atoms with Gasteiger partial charge in [-0.05, 0) is 25.3 Å². The van der Waals surface area contributed by atoms with E-state index in [2.05, 4.69) is 12.2 Å². The Balaban J connectivity index is 2.15. The molecule has 70 valence electrons. The van der Waals surface area contributed by atoms with E-state index in [0.717, 1.165) is 19.5 Å². The molecule has 2 nitrogen and oxygen atoms in total. The van der Waals surface area contributed by atoms with Gasteiger partial charge in [-0.1, -0.05) is 19.8 Å². The van der Waals surface area contributed by atoms with Crippen LogP contribution in [0.25, 0.3) is 0 Å². The van der Waals surface area contributed by atoms with Gasteiger partial charge in [0.1, 0.15) is 0 Å². The topological polar surface area (TPSA) is 32.3 Å². The second-order valence-corrected chi connectivity index (χ2v) is 4.53. The van der Waals surface area contributed by atoms with E-state index in [0.29, 0.717) is 5.92 Å². The predicted octanol–water partition coefficient (Wildman–Crippen LogP) is 1.15. The molecule has 12 heavy (non-hydrogen) atoms. The van der Waals surface area contributed by atoms with Crippen LogP contribution >= 0.6 is 0 Å². The summed E-state index contributed by atoms with van der Waals surface area (Å²) in [6.07, 6.45) is 4.73. The van der Waals surface area contributed by atoms with Gasteiger partial charge in [0, 0.05) is 12.0 Å². The summed E-state index contributed by atoms with van der Waals surface area (Å²) in [5, 5.41) is 13.4. The normalized spacial score (nSPS) is 48.5. The average molecular weight is 169 g/mol. The summed E-state index contributed by atoms with van der Waals surface area (Å²) >= 11 is 0. The monoisotopic (exact) mass is 169 g/mol. The van der Waals surface area contributed by atoms with Gasteiger partial charge in [-0.25, -0.2) is 0 Å². The van der Waals surface area contributed by atoms with E-state index >= 15 is 0 Å². The third kappa shape index (κ3) is 1.09. The number of rotatable bonds is 0. The fourth-order valence-corrected chi connectivity index (χ4v) is 2.93. The molecule has 1 saturated carbocycles. The van der Waals surface area contributed by atoms with Crippen LogP contribution in [0.3, 0.4) is 0 Å². The fraction of sp³-hybridized carbons (Fsp3) is 1.00. The summed E-state index contributed by atoms with van der Waals surface area (Å²) in [6, 6.07) is 0. The molecular weight excluding hydrogens is 150 g/mol. The molecule has 3 unspecified atom stereocenters. The van der Waals surface area contributed by atoms with Crippen LogP contribution in [0.1, 0.15) is 32.6 Å². The van der Waals surface area contributed by atoms with Crippen molar-refractivity contribution in [2.45, 2.75) is 38.7 Å². The van der Waals surface area contributed by atoms with Crippen LogP contribution in [0.5, 0.6) is 0 Å². The maximum atomic E-state index is 9.99. The summed E-state index contributed by atoms with van der Waals surface area (Å²) in [4.78, 5) is 0. The molecule has 0 amide bonds. The Morgan fingerprint density at radius 3 is 2.83 bits per heavy atom. The van der Waals surface area contributed by atoms with Crippen molar-refractivity contribution in [1.29, 1.82) is 0 Å². The zero-order chi connectivity index (χ0) is 8.60. The summed E-state index contributed by atoms with van der Waals surface area (Å²) in [5.74, 6) is 0.660. The molecule has 2 aliphatic rings. The highest BCUT2D eigenvalue weighted by Crippen LogP contribution is 2.44. The first kappa shape index (κ1) is 8.52. The quantitative estimate of drug-likeness (QED) is 0.570. The fourth-order valence-electron chi connectivity index (χ4n) is 2.93. The Hall–Kier alpha value is -0.0800. The van der Waals surface area contributed by atoms with Crippen molar-refractivity contribution in [1.82, 2.24) is 5.32 Å². The van der Waals surface area contributed by atoms with Crippen molar-refractivity contribution >= 4 is 0 Å². The van der Waals surface area contributed by atoms with Gasteiger partial charge < -0.3 is 10.4 Å². The van der Waals surface area contributed by atoms with Gasteiger partial charge in [0.15, 0.2) is 0 Å². The highest BCUT2D eigenvalue weighted by atomic mass is 16.3. The Bertz CT molecular complexity index is 171. The van der Waals surface area contributed by atoms with Crippen molar-refractivity contribution in [3.8, 4) is 0 Å². The smallest absolute Gasteiger partial charge is 0.0611 e. The van der Waals surface area contributed by atoms with Crippen LogP contribution in [-0.2, 0) is 0 Å². The Morgan fingerprint density at radius 2 is 2.25 bits per heavy atom. The van der Waals surface area contributed by atoms with Crippen LogP contribution < -0.4 is 5.32 Å². The molecule has 2 fully saturated rings. The van der Waals surface area contributed by atoms with Gasteiger partial charge in [-0.15, -0.1) is 0 Å². The van der Waals surface area contributed by atoms with Crippen LogP contribution in [0.2, 0.25) is 0 Å². The minimum atomic E-state index is -0.0451. The van der Waals surface area contributed by atoms with Gasteiger partial charge in [-0.2, -0.15) is 0 Å². The first-order valence-electron chi connectivity index (χ1n) is 5.14. The molecule has 1 saturated heterocycles. The van der Waals surface area contributed by atoms with E-state index in [-0.39, 0.29) is 11.5 Å². The SMILES string of the molecule is CC1CNCC12CCCCC2O. The lowest BCUT2D eigenvalue weighted by atomic mass is 9.66. The molecule has 0 aromatic heterocycles. The van der Waals surface area contributed by atoms with Gasteiger partial charge in [0.25, 0.3) is 0 Å². The zero-order valence-electron chi connectivity index (χ0n) is 7.84. The molecule has 1 aliphatic heterocycles. The number of nitrogens with one attached hydrogen (secondary N) is 1. The third-order valence-corrected chi connectivity index (χ3v) is 3.92. The molecule has 0 bridgehead atoms. The molecule has 2 heteroatoms. The maximum Gasteiger partial charge on any atom is 0.0611 e. The molecule has 3 atom stereocenters. The standard InChI is InChI=1S/C10H19NO/c1-8-6-11-7-10(8)5-3-2-4-9(10)12/h8-9,11-12H,2-7H2,1H3. The molecule has 0 aromatic rings. The first-order chi connectivity index (χ1) is 5.76. The lowest BCUT2D eigenvalue weighted by Gasteiger charge is -2.41. The van der Waals surface area contributed by atoms with E-state index in [1.54, 1.807) is 0 Å².